The molecule has 1 nitrogen and oxygen atoms in total. The van der Waals surface area contributed by atoms with E-state index in [1.807, 2.05) is 18.2 Å². The first-order chi connectivity index (χ1) is 4.33. The molecule has 0 saturated carbocycles. The number of phenols is 1. The van der Waals surface area contributed by atoms with Gasteiger partial charge in [-0.1, -0.05) is 0 Å². The minimum absolute atomic E-state index is 0.377. The summed E-state index contributed by atoms with van der Waals surface area (Å²) in [6.07, 6.45) is 0. The van der Waals surface area contributed by atoms with Gasteiger partial charge in [-0.25, -0.2) is 0 Å². The molecule has 1 aromatic rings. The quantitative estimate of drug-likeness (QED) is 0.703. The van der Waals surface area contributed by atoms with Gasteiger partial charge < -0.3 is 0 Å². The summed E-state index contributed by atoms with van der Waals surface area (Å²) in [6.45, 7) is 0. The first-order valence-electron chi connectivity index (χ1n) is 2.81. The van der Waals surface area contributed by atoms with Crippen LogP contribution in [-0.4, -0.2) is 27.6 Å². The Morgan fingerprint density at radius 2 is 2.22 bits per heavy atom. The molecule has 0 saturated heterocycles. The van der Waals surface area contributed by atoms with Crippen LogP contribution in [0, 0.1) is 0 Å². The summed E-state index contributed by atoms with van der Waals surface area (Å²) >= 11 is 1.22. The normalized spacial score (nSPS) is 9.44. The fourth-order valence-electron chi connectivity index (χ4n) is 0.683. The summed E-state index contributed by atoms with van der Waals surface area (Å²) in [6, 6.07) is 7.41. The average molecular weight is 227 g/mol. The molecule has 0 aliphatic carbocycles. The fraction of sp³-hybridized carbons (Fsp3) is 0.143. The van der Waals surface area contributed by atoms with Crippen LogP contribution in [0.25, 0.3) is 0 Å². The molecule has 2 heteroatoms. The number of hydrogen-bond donors (Lipinski definition) is 1. The van der Waals surface area contributed by atoms with Crippen molar-refractivity contribution in [1.82, 2.24) is 0 Å². The van der Waals surface area contributed by atoms with E-state index in [0.29, 0.717) is 5.75 Å². The van der Waals surface area contributed by atoms with Gasteiger partial charge in [-0.15, -0.1) is 0 Å². The molecule has 0 unspecified atom stereocenters. The van der Waals surface area contributed by atoms with Gasteiger partial charge in [-0.05, 0) is 0 Å². The van der Waals surface area contributed by atoms with Crippen LogP contribution < -0.4 is 0 Å². The van der Waals surface area contributed by atoms with E-state index in [0.717, 1.165) is 4.44 Å². The fourth-order valence-corrected chi connectivity index (χ4v) is 1.41. The molecule has 1 aromatic carbocycles. The zero-order valence-corrected chi connectivity index (χ0v) is 8.34. The molecule has 46 valence electrons. The first-order valence-corrected chi connectivity index (χ1v) is 5.14. The maximum atomic E-state index is 8.96. The van der Waals surface area contributed by atoms with Crippen LogP contribution in [0.15, 0.2) is 24.3 Å². The molecule has 0 aliphatic rings. The molecule has 0 bridgehead atoms. The number of benzene rings is 1. The molecule has 2 radical (unpaired) electrons. The molecule has 1 N–H and O–H groups in total. The Balaban J connectivity index is 2.94. The summed E-state index contributed by atoms with van der Waals surface area (Å²) in [5, 5.41) is 8.96. The van der Waals surface area contributed by atoms with Gasteiger partial charge in [0.25, 0.3) is 0 Å². The van der Waals surface area contributed by atoms with Crippen molar-refractivity contribution in [3.63, 3.8) is 0 Å². The van der Waals surface area contributed by atoms with Crippen molar-refractivity contribution in [3.8, 4) is 5.75 Å². The summed E-state index contributed by atoms with van der Waals surface area (Å²) in [5.74, 6) is 0.377. The Morgan fingerprint density at radius 1 is 1.44 bits per heavy atom. The van der Waals surface area contributed by atoms with Crippen molar-refractivity contribution in [2.75, 3.05) is 0 Å². The minimum atomic E-state index is 0.377. The molecule has 0 fully saturated rings. The van der Waals surface area contributed by atoms with Gasteiger partial charge in [-0.3, -0.25) is 0 Å². The van der Waals surface area contributed by atoms with E-state index in [2.05, 4.69) is 0 Å². The SMILES string of the molecule is Oc1cccc([CH2][SnH])c1. The van der Waals surface area contributed by atoms with E-state index in [-0.39, 0.29) is 0 Å². The number of aromatic hydroxyl groups is 1. The Labute approximate surface area is 67.8 Å². The number of phenolic OH excluding ortho intramolecular Hbond substituents is 1. The molecule has 0 atom stereocenters. The number of rotatable bonds is 1. The van der Waals surface area contributed by atoms with Gasteiger partial charge in [0.2, 0.25) is 0 Å². The summed E-state index contributed by atoms with van der Waals surface area (Å²) in [5.41, 5.74) is 1.23. The van der Waals surface area contributed by atoms with Gasteiger partial charge in [0.1, 0.15) is 0 Å². The van der Waals surface area contributed by atoms with E-state index in [9.17, 15) is 0 Å². The Morgan fingerprint density at radius 3 is 2.67 bits per heavy atom. The molecule has 0 aliphatic heterocycles. The third kappa shape index (κ3) is 1.90. The standard InChI is InChI=1S/C7H7O.Sn.H/c1-6-3-2-4-7(8)5-6;;/h2-5,8H,1H2;;. The zero-order valence-electron chi connectivity index (χ0n) is 5.04. The third-order valence-corrected chi connectivity index (χ3v) is 2.49. The maximum absolute atomic E-state index is 8.96. The van der Waals surface area contributed by atoms with Crippen molar-refractivity contribution in [3.05, 3.63) is 29.8 Å². The molecular weight excluding hydrogens is 219 g/mol. The van der Waals surface area contributed by atoms with Crippen LogP contribution in [0.4, 0.5) is 0 Å². The predicted octanol–water partition coefficient (Wildman–Crippen LogP) is 0.793. The molecular formula is C7H8OSn. The Hall–Kier alpha value is -0.181. The zero-order chi connectivity index (χ0) is 6.69. The van der Waals surface area contributed by atoms with Crippen LogP contribution in [0.3, 0.4) is 0 Å². The summed E-state index contributed by atoms with van der Waals surface area (Å²) in [4.78, 5) is 0. The topological polar surface area (TPSA) is 20.2 Å². The second kappa shape index (κ2) is 3.11. The third-order valence-electron chi connectivity index (χ3n) is 1.15. The van der Waals surface area contributed by atoms with Gasteiger partial charge in [0, 0.05) is 0 Å². The second-order valence-electron chi connectivity index (χ2n) is 1.87. The Bertz CT molecular complexity index is 198. The van der Waals surface area contributed by atoms with Crippen LogP contribution >= 0.6 is 0 Å². The van der Waals surface area contributed by atoms with Crippen molar-refractivity contribution >= 4 is 22.5 Å². The molecule has 1 rings (SSSR count). The van der Waals surface area contributed by atoms with E-state index in [1.165, 1.54) is 28.1 Å². The van der Waals surface area contributed by atoms with Gasteiger partial charge in [0.15, 0.2) is 0 Å². The average Bonchev–Trinajstić information content (AvgIpc) is 1.88. The summed E-state index contributed by atoms with van der Waals surface area (Å²) in [7, 11) is 0. The first kappa shape index (κ1) is 6.93. The molecule has 0 spiro atoms. The van der Waals surface area contributed by atoms with Crippen LogP contribution in [0.5, 0.6) is 5.75 Å². The van der Waals surface area contributed by atoms with Crippen molar-refractivity contribution < 1.29 is 5.11 Å². The Kier molecular flexibility index (Phi) is 2.39. The predicted molar refractivity (Wildman–Crippen MR) is 39.0 cm³/mol. The van der Waals surface area contributed by atoms with Crippen molar-refractivity contribution in [1.29, 1.82) is 0 Å². The summed E-state index contributed by atoms with van der Waals surface area (Å²) < 4.78 is 1.11. The van der Waals surface area contributed by atoms with E-state index >= 15 is 0 Å². The van der Waals surface area contributed by atoms with E-state index in [4.69, 9.17) is 5.11 Å². The van der Waals surface area contributed by atoms with Crippen molar-refractivity contribution in [2.45, 2.75) is 4.44 Å². The van der Waals surface area contributed by atoms with Crippen LogP contribution in [-0.2, 0) is 4.44 Å². The van der Waals surface area contributed by atoms with Gasteiger partial charge >= 0.3 is 67.6 Å². The van der Waals surface area contributed by atoms with Crippen molar-refractivity contribution in [2.24, 2.45) is 0 Å². The van der Waals surface area contributed by atoms with Crippen LogP contribution in [0.1, 0.15) is 5.56 Å². The van der Waals surface area contributed by atoms with Gasteiger partial charge in [-0.2, -0.15) is 0 Å². The molecule has 9 heavy (non-hydrogen) atoms. The molecule has 0 amide bonds. The number of hydrogen-bond acceptors (Lipinski definition) is 1. The molecule has 0 aromatic heterocycles. The van der Waals surface area contributed by atoms with Crippen LogP contribution in [0.2, 0.25) is 0 Å². The van der Waals surface area contributed by atoms with Gasteiger partial charge in [0.05, 0.1) is 0 Å². The monoisotopic (exact) mass is 228 g/mol. The van der Waals surface area contributed by atoms with E-state index < -0.39 is 0 Å². The van der Waals surface area contributed by atoms with E-state index in [1.54, 1.807) is 6.07 Å². The second-order valence-corrected chi connectivity index (χ2v) is 3.04. The molecule has 0 heterocycles.